The van der Waals surface area contributed by atoms with Crippen molar-refractivity contribution in [3.05, 3.63) is 6.33 Å². The highest BCUT2D eigenvalue weighted by molar-refractivity contribution is 5.78. The van der Waals surface area contributed by atoms with E-state index >= 15 is 0 Å². The number of nitrogens with zero attached hydrogens (tertiary/aromatic N) is 4. The summed E-state index contributed by atoms with van der Waals surface area (Å²) in [6, 6.07) is 0. The zero-order valence-corrected chi connectivity index (χ0v) is 10.8. The monoisotopic (exact) mass is 251 g/mol. The van der Waals surface area contributed by atoms with Gasteiger partial charge in [0.25, 0.3) is 0 Å². The summed E-state index contributed by atoms with van der Waals surface area (Å²) < 4.78 is 12.1. The van der Waals surface area contributed by atoms with Crippen molar-refractivity contribution < 1.29 is 9.47 Å². The Labute approximate surface area is 105 Å². The Hall–Kier alpha value is -1.89. The summed E-state index contributed by atoms with van der Waals surface area (Å²) in [5.74, 6) is 1.16. The Kier molecular flexibility index (Phi) is 3.61. The van der Waals surface area contributed by atoms with Crippen molar-refractivity contribution in [1.82, 2.24) is 19.5 Å². The Morgan fingerprint density at radius 1 is 1.39 bits per heavy atom. The largest absolute Gasteiger partial charge is 0.479 e. The number of hydrogen-bond acceptors (Lipinski definition) is 6. The van der Waals surface area contributed by atoms with Crippen LogP contribution in [-0.4, -0.2) is 40.3 Å². The molecule has 0 aliphatic heterocycles. The SMILES string of the molecule is COCC(C)Cn1c(N)nc2c(OC)ncnc21. The van der Waals surface area contributed by atoms with Gasteiger partial charge >= 0.3 is 0 Å². The summed E-state index contributed by atoms with van der Waals surface area (Å²) in [5.41, 5.74) is 7.18. The molecule has 0 bridgehead atoms. The highest BCUT2D eigenvalue weighted by atomic mass is 16.5. The van der Waals surface area contributed by atoms with Crippen LogP contribution in [0.5, 0.6) is 5.88 Å². The van der Waals surface area contributed by atoms with Gasteiger partial charge in [-0.3, -0.25) is 4.57 Å². The first kappa shape index (κ1) is 12.6. The van der Waals surface area contributed by atoms with E-state index < -0.39 is 0 Å². The predicted molar refractivity (Wildman–Crippen MR) is 67.3 cm³/mol. The van der Waals surface area contributed by atoms with Crippen LogP contribution >= 0.6 is 0 Å². The number of anilines is 1. The summed E-state index contributed by atoms with van der Waals surface area (Å²) in [4.78, 5) is 12.5. The van der Waals surface area contributed by atoms with Crippen molar-refractivity contribution in [2.75, 3.05) is 26.6 Å². The van der Waals surface area contributed by atoms with Crippen LogP contribution < -0.4 is 10.5 Å². The molecule has 0 aliphatic carbocycles. The van der Waals surface area contributed by atoms with Gasteiger partial charge in [-0.15, -0.1) is 0 Å². The minimum atomic E-state index is 0.315. The molecule has 2 N–H and O–H groups in total. The molecule has 1 atom stereocenters. The van der Waals surface area contributed by atoms with Gasteiger partial charge in [0.1, 0.15) is 6.33 Å². The molecule has 0 fully saturated rings. The first-order valence-electron chi connectivity index (χ1n) is 5.67. The highest BCUT2D eigenvalue weighted by Gasteiger charge is 2.16. The minimum Gasteiger partial charge on any atom is -0.479 e. The zero-order valence-electron chi connectivity index (χ0n) is 10.8. The molecular formula is C11H17N5O2. The Morgan fingerprint density at radius 3 is 2.83 bits per heavy atom. The summed E-state index contributed by atoms with van der Waals surface area (Å²) >= 11 is 0. The van der Waals surface area contributed by atoms with Crippen LogP contribution in [0.25, 0.3) is 11.2 Å². The lowest BCUT2D eigenvalue weighted by Gasteiger charge is -2.12. The molecule has 0 aromatic carbocycles. The maximum absolute atomic E-state index is 5.91. The number of methoxy groups -OCH3 is 2. The molecule has 0 radical (unpaired) electrons. The number of nitrogen functional groups attached to an aromatic ring is 1. The lowest BCUT2D eigenvalue weighted by atomic mass is 10.2. The van der Waals surface area contributed by atoms with Gasteiger partial charge in [-0.25, -0.2) is 9.97 Å². The molecule has 0 saturated heterocycles. The van der Waals surface area contributed by atoms with Crippen LogP contribution in [0.3, 0.4) is 0 Å². The van der Waals surface area contributed by atoms with E-state index in [4.69, 9.17) is 15.2 Å². The molecule has 0 amide bonds. The molecule has 0 aliphatic rings. The number of hydrogen-bond donors (Lipinski definition) is 1. The lowest BCUT2D eigenvalue weighted by molar-refractivity contribution is 0.152. The van der Waals surface area contributed by atoms with Crippen molar-refractivity contribution in [1.29, 1.82) is 0 Å². The van der Waals surface area contributed by atoms with E-state index in [1.807, 2.05) is 4.57 Å². The number of nitrogens with two attached hydrogens (primary N) is 1. The molecule has 1 unspecified atom stereocenters. The molecular weight excluding hydrogens is 234 g/mol. The second kappa shape index (κ2) is 5.18. The third-order valence-electron chi connectivity index (χ3n) is 2.67. The van der Waals surface area contributed by atoms with E-state index in [0.717, 1.165) is 0 Å². The van der Waals surface area contributed by atoms with Gasteiger partial charge in [0.2, 0.25) is 11.8 Å². The molecule has 7 nitrogen and oxygen atoms in total. The first-order chi connectivity index (χ1) is 8.67. The van der Waals surface area contributed by atoms with Crippen LogP contribution in [0.4, 0.5) is 5.95 Å². The van der Waals surface area contributed by atoms with Crippen molar-refractivity contribution >= 4 is 17.1 Å². The molecule has 2 aromatic heterocycles. The Bertz CT molecular complexity index is 539. The zero-order chi connectivity index (χ0) is 13.1. The molecule has 18 heavy (non-hydrogen) atoms. The molecule has 0 saturated carbocycles. The Morgan fingerprint density at radius 2 is 2.17 bits per heavy atom. The number of rotatable bonds is 5. The molecule has 2 rings (SSSR count). The van der Waals surface area contributed by atoms with Crippen molar-refractivity contribution in [2.45, 2.75) is 13.5 Å². The third-order valence-corrected chi connectivity index (χ3v) is 2.67. The lowest BCUT2D eigenvalue weighted by Crippen LogP contribution is -2.14. The molecule has 2 aromatic rings. The van der Waals surface area contributed by atoms with Gasteiger partial charge in [0.05, 0.1) is 13.7 Å². The summed E-state index contributed by atoms with van der Waals surface area (Å²) in [5, 5.41) is 0. The maximum atomic E-state index is 5.91. The van der Waals surface area contributed by atoms with Gasteiger partial charge in [-0.05, 0) is 5.92 Å². The van der Waals surface area contributed by atoms with Crippen molar-refractivity contribution in [2.24, 2.45) is 5.92 Å². The van der Waals surface area contributed by atoms with E-state index in [-0.39, 0.29) is 0 Å². The van der Waals surface area contributed by atoms with Crippen LogP contribution in [0.2, 0.25) is 0 Å². The average Bonchev–Trinajstić information content (AvgIpc) is 2.66. The van der Waals surface area contributed by atoms with Crippen molar-refractivity contribution in [3.63, 3.8) is 0 Å². The quantitative estimate of drug-likeness (QED) is 0.841. The summed E-state index contributed by atoms with van der Waals surface area (Å²) in [6.45, 7) is 3.42. The van der Waals surface area contributed by atoms with Gasteiger partial charge in [-0.2, -0.15) is 4.98 Å². The topological polar surface area (TPSA) is 88.1 Å². The minimum absolute atomic E-state index is 0.315. The van der Waals surface area contributed by atoms with E-state index in [2.05, 4.69) is 21.9 Å². The smallest absolute Gasteiger partial charge is 0.245 e. The molecule has 2 heterocycles. The third kappa shape index (κ3) is 2.21. The molecule has 7 heteroatoms. The van der Waals surface area contributed by atoms with Crippen LogP contribution in [0.1, 0.15) is 6.92 Å². The predicted octanol–water partition coefficient (Wildman–Crippen LogP) is 0.700. The molecule has 98 valence electrons. The maximum Gasteiger partial charge on any atom is 0.245 e. The second-order valence-electron chi connectivity index (χ2n) is 4.20. The van der Waals surface area contributed by atoms with Gasteiger partial charge in [0.15, 0.2) is 11.2 Å². The first-order valence-corrected chi connectivity index (χ1v) is 5.67. The van der Waals surface area contributed by atoms with E-state index in [1.54, 1.807) is 14.2 Å². The normalized spacial score (nSPS) is 12.8. The fraction of sp³-hybridized carbons (Fsp3) is 0.545. The van der Waals surface area contributed by atoms with Crippen molar-refractivity contribution in [3.8, 4) is 5.88 Å². The second-order valence-corrected chi connectivity index (χ2v) is 4.20. The number of ether oxygens (including phenoxy) is 2. The number of fused-ring (bicyclic) bond motifs is 1. The van der Waals surface area contributed by atoms with Gasteiger partial charge in [-0.1, -0.05) is 6.92 Å². The fourth-order valence-electron chi connectivity index (χ4n) is 1.91. The van der Waals surface area contributed by atoms with E-state index in [9.17, 15) is 0 Å². The molecule has 0 spiro atoms. The van der Waals surface area contributed by atoms with Crippen LogP contribution in [0.15, 0.2) is 6.33 Å². The summed E-state index contributed by atoms with van der Waals surface area (Å²) in [7, 11) is 3.22. The highest BCUT2D eigenvalue weighted by Crippen LogP contribution is 2.23. The van der Waals surface area contributed by atoms with Crippen LogP contribution in [-0.2, 0) is 11.3 Å². The summed E-state index contributed by atoms with van der Waals surface area (Å²) in [6.07, 6.45) is 1.44. The van der Waals surface area contributed by atoms with E-state index in [1.165, 1.54) is 6.33 Å². The van der Waals surface area contributed by atoms with Gasteiger partial charge in [0, 0.05) is 13.7 Å². The standard InChI is InChI=1S/C11H17N5O2/c1-7(5-17-2)4-16-9-8(15-11(16)12)10(18-3)14-6-13-9/h6-7H,4-5H2,1-3H3,(H2,12,15). The average molecular weight is 251 g/mol. The van der Waals surface area contributed by atoms with Crippen LogP contribution in [0, 0.1) is 5.92 Å². The fourth-order valence-corrected chi connectivity index (χ4v) is 1.91. The number of imidazole rings is 1. The number of aromatic nitrogens is 4. The van der Waals surface area contributed by atoms with E-state index in [0.29, 0.717) is 42.1 Å². The van der Waals surface area contributed by atoms with Gasteiger partial charge < -0.3 is 15.2 Å². The Balaban J connectivity index is 2.41.